The second-order valence-electron chi connectivity index (χ2n) is 4.26. The molecule has 0 radical (unpaired) electrons. The maximum Gasteiger partial charge on any atom is 0.214 e. The Hall–Kier alpha value is 0.200. The van der Waals surface area contributed by atoms with E-state index < -0.39 is 10.0 Å². The first-order chi connectivity index (χ1) is 6.63. The van der Waals surface area contributed by atoms with Crippen LogP contribution in [0.15, 0.2) is 0 Å². The van der Waals surface area contributed by atoms with Gasteiger partial charge >= 0.3 is 0 Å². The molecule has 82 valence electrons. The van der Waals surface area contributed by atoms with Crippen molar-refractivity contribution < 1.29 is 8.42 Å². The highest BCUT2D eigenvalue weighted by Crippen LogP contribution is 2.39. The minimum absolute atomic E-state index is 0.222. The average molecular weight is 238 g/mol. The van der Waals surface area contributed by atoms with Gasteiger partial charge in [0.2, 0.25) is 10.0 Å². The van der Waals surface area contributed by atoms with Crippen molar-refractivity contribution >= 4 is 21.6 Å². The van der Waals surface area contributed by atoms with Crippen molar-refractivity contribution in [1.82, 2.24) is 4.31 Å². The zero-order valence-electron chi connectivity index (χ0n) is 8.15. The Labute approximate surface area is 90.5 Å². The molecule has 0 aromatic carbocycles. The van der Waals surface area contributed by atoms with Gasteiger partial charge in [0.1, 0.15) is 0 Å². The van der Waals surface area contributed by atoms with Crippen molar-refractivity contribution in [2.75, 3.05) is 18.2 Å². The van der Waals surface area contributed by atoms with E-state index in [-0.39, 0.29) is 5.75 Å². The van der Waals surface area contributed by atoms with Crippen LogP contribution in [0.4, 0.5) is 0 Å². The second kappa shape index (κ2) is 3.99. The number of nitrogens with zero attached hydrogens (tertiary/aromatic N) is 1. The SMILES string of the molecule is O=S(=O)(CCCCl)N1CC2CCC1C2. The van der Waals surface area contributed by atoms with E-state index in [1.807, 2.05) is 0 Å². The molecular formula is C9H16ClNO2S. The van der Waals surface area contributed by atoms with E-state index in [2.05, 4.69) is 0 Å². The molecule has 2 bridgehead atoms. The van der Waals surface area contributed by atoms with Crippen LogP contribution < -0.4 is 0 Å². The molecular weight excluding hydrogens is 222 g/mol. The van der Waals surface area contributed by atoms with Gasteiger partial charge in [-0.1, -0.05) is 0 Å². The van der Waals surface area contributed by atoms with Crippen LogP contribution in [0.25, 0.3) is 0 Å². The van der Waals surface area contributed by atoms with Gasteiger partial charge in [-0.15, -0.1) is 11.6 Å². The van der Waals surface area contributed by atoms with Gasteiger partial charge in [-0.05, 0) is 31.6 Å². The predicted molar refractivity (Wildman–Crippen MR) is 57.0 cm³/mol. The number of sulfonamides is 1. The summed E-state index contributed by atoms with van der Waals surface area (Å²) >= 11 is 5.51. The van der Waals surface area contributed by atoms with Crippen molar-refractivity contribution in [3.8, 4) is 0 Å². The Kier molecular flexibility index (Phi) is 3.05. The van der Waals surface area contributed by atoms with Gasteiger partial charge in [0, 0.05) is 18.5 Å². The van der Waals surface area contributed by atoms with E-state index in [1.54, 1.807) is 4.31 Å². The Morgan fingerprint density at radius 3 is 2.64 bits per heavy atom. The van der Waals surface area contributed by atoms with Gasteiger partial charge in [-0.25, -0.2) is 8.42 Å². The number of rotatable bonds is 4. The van der Waals surface area contributed by atoms with Crippen molar-refractivity contribution in [2.24, 2.45) is 5.92 Å². The van der Waals surface area contributed by atoms with Gasteiger partial charge in [0.05, 0.1) is 5.75 Å². The van der Waals surface area contributed by atoms with Crippen molar-refractivity contribution in [3.05, 3.63) is 0 Å². The van der Waals surface area contributed by atoms with E-state index in [9.17, 15) is 8.42 Å². The molecule has 1 saturated heterocycles. The van der Waals surface area contributed by atoms with Crippen LogP contribution in [0.3, 0.4) is 0 Å². The molecule has 0 aromatic heterocycles. The maximum atomic E-state index is 11.8. The number of halogens is 1. The highest BCUT2D eigenvalue weighted by atomic mass is 35.5. The van der Waals surface area contributed by atoms with Crippen molar-refractivity contribution in [3.63, 3.8) is 0 Å². The first-order valence-corrected chi connectivity index (χ1v) is 7.33. The molecule has 14 heavy (non-hydrogen) atoms. The standard InChI is InChI=1S/C9H16ClNO2S/c10-4-1-5-14(12,13)11-7-8-2-3-9(11)6-8/h8-9H,1-7H2. The monoisotopic (exact) mass is 237 g/mol. The summed E-state index contributed by atoms with van der Waals surface area (Å²) < 4.78 is 25.4. The lowest BCUT2D eigenvalue weighted by molar-refractivity contribution is 0.333. The zero-order chi connectivity index (χ0) is 10.2. The maximum absolute atomic E-state index is 11.8. The fourth-order valence-electron chi connectivity index (χ4n) is 2.57. The number of fused-ring (bicyclic) bond motifs is 2. The molecule has 2 unspecified atom stereocenters. The fourth-order valence-corrected chi connectivity index (χ4v) is 4.69. The lowest BCUT2D eigenvalue weighted by Crippen LogP contribution is -2.39. The molecule has 0 spiro atoms. The summed E-state index contributed by atoms with van der Waals surface area (Å²) in [7, 11) is -3.00. The molecule has 1 aliphatic carbocycles. The molecule has 2 atom stereocenters. The van der Waals surface area contributed by atoms with E-state index in [4.69, 9.17) is 11.6 Å². The second-order valence-corrected chi connectivity index (χ2v) is 6.68. The summed E-state index contributed by atoms with van der Waals surface area (Å²) in [6.07, 6.45) is 3.93. The molecule has 0 aromatic rings. The molecule has 1 aliphatic heterocycles. The third kappa shape index (κ3) is 1.92. The Balaban J connectivity index is 2.01. The smallest absolute Gasteiger partial charge is 0.212 e. The third-order valence-corrected chi connectivity index (χ3v) is 5.49. The summed E-state index contributed by atoms with van der Waals surface area (Å²) in [5.74, 6) is 1.28. The molecule has 2 rings (SSSR count). The first kappa shape index (κ1) is 10.7. The predicted octanol–water partition coefficient (Wildman–Crippen LogP) is 1.43. The van der Waals surface area contributed by atoms with Crippen LogP contribution >= 0.6 is 11.6 Å². The van der Waals surface area contributed by atoms with Crippen LogP contribution in [0, 0.1) is 5.92 Å². The Bertz CT molecular complexity index is 304. The summed E-state index contributed by atoms with van der Waals surface area (Å²) in [5, 5.41) is 0. The fraction of sp³-hybridized carbons (Fsp3) is 1.00. The van der Waals surface area contributed by atoms with Crippen LogP contribution in [-0.2, 0) is 10.0 Å². The minimum Gasteiger partial charge on any atom is -0.212 e. The first-order valence-electron chi connectivity index (χ1n) is 5.19. The molecule has 2 fully saturated rings. The quantitative estimate of drug-likeness (QED) is 0.694. The van der Waals surface area contributed by atoms with E-state index in [0.29, 0.717) is 24.3 Å². The van der Waals surface area contributed by atoms with Crippen molar-refractivity contribution in [2.45, 2.75) is 31.7 Å². The average Bonchev–Trinajstić information content (AvgIpc) is 2.75. The highest BCUT2D eigenvalue weighted by molar-refractivity contribution is 7.89. The normalized spacial score (nSPS) is 32.6. The van der Waals surface area contributed by atoms with Gasteiger partial charge in [0.15, 0.2) is 0 Å². The molecule has 0 N–H and O–H groups in total. The minimum atomic E-state index is -3.00. The van der Waals surface area contributed by atoms with E-state index in [0.717, 1.165) is 19.4 Å². The summed E-state index contributed by atoms with van der Waals surface area (Å²) in [6, 6.07) is 0.306. The third-order valence-electron chi connectivity index (χ3n) is 3.25. The van der Waals surface area contributed by atoms with Crippen molar-refractivity contribution in [1.29, 1.82) is 0 Å². The molecule has 2 aliphatic rings. The van der Waals surface area contributed by atoms with Gasteiger partial charge in [0.25, 0.3) is 0 Å². The molecule has 3 nitrogen and oxygen atoms in total. The van der Waals surface area contributed by atoms with Crippen LogP contribution in [0.2, 0.25) is 0 Å². The zero-order valence-corrected chi connectivity index (χ0v) is 9.73. The Morgan fingerprint density at radius 1 is 1.36 bits per heavy atom. The van der Waals surface area contributed by atoms with E-state index in [1.165, 1.54) is 6.42 Å². The van der Waals surface area contributed by atoms with Gasteiger partial charge in [-0.3, -0.25) is 0 Å². The van der Waals surface area contributed by atoms with Gasteiger partial charge < -0.3 is 0 Å². The topological polar surface area (TPSA) is 37.4 Å². The van der Waals surface area contributed by atoms with E-state index >= 15 is 0 Å². The molecule has 1 saturated carbocycles. The molecule has 5 heteroatoms. The summed E-state index contributed by atoms with van der Waals surface area (Å²) in [4.78, 5) is 0. The largest absolute Gasteiger partial charge is 0.214 e. The number of hydrogen-bond acceptors (Lipinski definition) is 2. The highest BCUT2D eigenvalue weighted by Gasteiger charge is 2.43. The number of piperidine rings is 1. The lowest BCUT2D eigenvalue weighted by atomic mass is 10.1. The number of hydrogen-bond donors (Lipinski definition) is 0. The summed E-state index contributed by atoms with van der Waals surface area (Å²) in [5.41, 5.74) is 0. The summed E-state index contributed by atoms with van der Waals surface area (Å²) in [6.45, 7) is 0.759. The van der Waals surface area contributed by atoms with Gasteiger partial charge in [-0.2, -0.15) is 4.31 Å². The molecule has 0 amide bonds. The van der Waals surface area contributed by atoms with Crippen LogP contribution in [-0.4, -0.2) is 36.9 Å². The lowest BCUT2D eigenvalue weighted by Gasteiger charge is -2.25. The van der Waals surface area contributed by atoms with Crippen LogP contribution in [0.5, 0.6) is 0 Å². The molecule has 1 heterocycles. The Morgan fingerprint density at radius 2 is 2.14 bits per heavy atom. The van der Waals surface area contributed by atoms with Crippen LogP contribution in [0.1, 0.15) is 25.7 Å². The number of alkyl halides is 1.